The maximum absolute atomic E-state index is 12.2. The summed E-state index contributed by atoms with van der Waals surface area (Å²) >= 11 is 0. The van der Waals surface area contributed by atoms with E-state index >= 15 is 0 Å². The van der Waals surface area contributed by atoms with Gasteiger partial charge in [-0.3, -0.25) is 9.69 Å². The monoisotopic (exact) mass is 320 g/mol. The fourth-order valence-corrected chi connectivity index (χ4v) is 2.50. The summed E-state index contributed by atoms with van der Waals surface area (Å²) in [5.41, 5.74) is 5.83. The van der Waals surface area contributed by atoms with Crippen molar-refractivity contribution >= 4 is 12.0 Å². The van der Waals surface area contributed by atoms with Crippen molar-refractivity contribution in [3.63, 3.8) is 0 Å². The Hall–Kier alpha value is -2.08. The molecule has 2 amide bonds. The zero-order valence-electron chi connectivity index (χ0n) is 13.8. The van der Waals surface area contributed by atoms with Gasteiger partial charge in [0.05, 0.1) is 19.3 Å². The van der Waals surface area contributed by atoms with E-state index in [0.29, 0.717) is 19.6 Å². The molecule has 0 spiro atoms. The van der Waals surface area contributed by atoms with Gasteiger partial charge in [-0.05, 0) is 26.3 Å². The number of likely N-dealkylation sites (tertiary alicyclic amines) is 1. The third kappa shape index (κ3) is 4.96. The van der Waals surface area contributed by atoms with Crippen LogP contribution in [0.5, 0.6) is 0 Å². The fraction of sp³-hybridized carbons (Fsp3) is 0.529. The molecule has 0 aliphatic carbocycles. The molecule has 2 rings (SSSR count). The number of carbonyl (C=O) groups is 2. The highest BCUT2D eigenvalue weighted by Crippen LogP contribution is 2.24. The van der Waals surface area contributed by atoms with E-state index in [1.54, 1.807) is 20.8 Å². The largest absolute Gasteiger partial charge is 0.444 e. The Balaban J connectivity index is 1.97. The van der Waals surface area contributed by atoms with Crippen LogP contribution in [0.4, 0.5) is 4.79 Å². The van der Waals surface area contributed by atoms with Crippen molar-refractivity contribution < 1.29 is 19.1 Å². The Morgan fingerprint density at radius 1 is 1.26 bits per heavy atom. The third-order valence-electron chi connectivity index (χ3n) is 3.55. The van der Waals surface area contributed by atoms with Crippen LogP contribution in [0.1, 0.15) is 32.8 Å². The van der Waals surface area contributed by atoms with Gasteiger partial charge in [-0.15, -0.1) is 0 Å². The number of primary amides is 1. The van der Waals surface area contributed by atoms with Crippen LogP contribution in [-0.2, 0) is 20.9 Å². The van der Waals surface area contributed by atoms with E-state index in [4.69, 9.17) is 15.2 Å². The van der Waals surface area contributed by atoms with Gasteiger partial charge in [-0.2, -0.15) is 0 Å². The van der Waals surface area contributed by atoms with Crippen LogP contribution in [0.25, 0.3) is 0 Å². The van der Waals surface area contributed by atoms with E-state index in [1.807, 2.05) is 30.3 Å². The number of hydrogen-bond acceptors (Lipinski definition) is 4. The first-order valence-electron chi connectivity index (χ1n) is 7.71. The lowest BCUT2D eigenvalue weighted by atomic mass is 10.2. The molecule has 0 radical (unpaired) electrons. The van der Waals surface area contributed by atoms with Gasteiger partial charge in [0.2, 0.25) is 5.91 Å². The molecule has 23 heavy (non-hydrogen) atoms. The zero-order chi connectivity index (χ0) is 17.0. The van der Waals surface area contributed by atoms with Crippen molar-refractivity contribution in [2.24, 2.45) is 5.73 Å². The second kappa shape index (κ2) is 7.00. The maximum Gasteiger partial charge on any atom is 0.411 e. The molecule has 0 aromatic heterocycles. The first kappa shape index (κ1) is 17.3. The first-order valence-corrected chi connectivity index (χ1v) is 7.71. The molecule has 1 aliphatic heterocycles. The molecule has 6 heteroatoms. The predicted molar refractivity (Wildman–Crippen MR) is 85.6 cm³/mol. The Kier molecular flexibility index (Phi) is 5.26. The Labute approximate surface area is 136 Å². The first-order chi connectivity index (χ1) is 10.8. The summed E-state index contributed by atoms with van der Waals surface area (Å²) in [6.07, 6.45) is -0.381. The summed E-state index contributed by atoms with van der Waals surface area (Å²) in [6.45, 7) is 6.07. The van der Waals surface area contributed by atoms with E-state index in [9.17, 15) is 9.59 Å². The number of carbonyl (C=O) groups excluding carboxylic acids is 2. The van der Waals surface area contributed by atoms with Crippen LogP contribution in [0.3, 0.4) is 0 Å². The highest BCUT2D eigenvalue weighted by atomic mass is 16.6. The Bertz CT molecular complexity index is 553. The molecule has 0 saturated carbocycles. The van der Waals surface area contributed by atoms with Gasteiger partial charge in [0, 0.05) is 6.42 Å². The zero-order valence-corrected chi connectivity index (χ0v) is 13.8. The van der Waals surface area contributed by atoms with E-state index < -0.39 is 23.6 Å². The minimum atomic E-state index is -0.689. The molecule has 0 bridgehead atoms. The van der Waals surface area contributed by atoms with E-state index in [0.717, 1.165) is 5.56 Å². The van der Waals surface area contributed by atoms with Crippen molar-refractivity contribution in [3.8, 4) is 0 Å². The molecule has 2 atom stereocenters. The summed E-state index contributed by atoms with van der Waals surface area (Å²) in [6, 6.07) is 9.05. The highest BCUT2D eigenvalue weighted by Gasteiger charge is 2.41. The van der Waals surface area contributed by atoms with Crippen LogP contribution in [0, 0.1) is 0 Å². The molecule has 1 saturated heterocycles. The molecule has 126 valence electrons. The lowest BCUT2D eigenvalue weighted by Crippen LogP contribution is -2.45. The average Bonchev–Trinajstić information content (AvgIpc) is 2.89. The fourth-order valence-electron chi connectivity index (χ4n) is 2.50. The molecule has 1 aliphatic rings. The second-order valence-corrected chi connectivity index (χ2v) is 6.71. The number of nitrogens with zero attached hydrogens (tertiary/aromatic N) is 1. The average molecular weight is 320 g/mol. The Morgan fingerprint density at radius 3 is 2.48 bits per heavy atom. The molecule has 1 aromatic rings. The summed E-state index contributed by atoms with van der Waals surface area (Å²) in [7, 11) is 0. The number of rotatable bonds is 4. The number of nitrogens with two attached hydrogens (primary N) is 1. The van der Waals surface area contributed by atoms with E-state index in [2.05, 4.69) is 0 Å². The van der Waals surface area contributed by atoms with Crippen LogP contribution in [0.2, 0.25) is 0 Å². The quantitative estimate of drug-likeness (QED) is 0.920. The topological polar surface area (TPSA) is 81.9 Å². The lowest BCUT2D eigenvalue weighted by Gasteiger charge is -2.27. The van der Waals surface area contributed by atoms with Gasteiger partial charge in [-0.25, -0.2) is 4.79 Å². The van der Waals surface area contributed by atoms with Gasteiger partial charge >= 0.3 is 6.09 Å². The van der Waals surface area contributed by atoms with Crippen LogP contribution >= 0.6 is 0 Å². The molecular formula is C17H24N2O4. The molecule has 2 unspecified atom stereocenters. The summed E-state index contributed by atoms with van der Waals surface area (Å²) in [4.78, 5) is 25.2. The van der Waals surface area contributed by atoms with Gasteiger partial charge in [-0.1, -0.05) is 30.3 Å². The van der Waals surface area contributed by atoms with Gasteiger partial charge in [0.15, 0.2) is 0 Å². The maximum atomic E-state index is 12.2. The van der Waals surface area contributed by atoms with Crippen molar-refractivity contribution in [3.05, 3.63) is 35.9 Å². The Morgan fingerprint density at radius 2 is 1.91 bits per heavy atom. The summed E-state index contributed by atoms with van der Waals surface area (Å²) in [5, 5.41) is 0. The van der Waals surface area contributed by atoms with Crippen molar-refractivity contribution in [1.82, 2.24) is 4.90 Å². The standard InChI is InChI=1S/C17H24N2O4/c1-17(2,3)23-16(21)19-10-13(9-14(19)15(18)20)22-11-12-7-5-4-6-8-12/h4-8,13-14H,9-11H2,1-3H3,(H2,18,20). The van der Waals surface area contributed by atoms with Crippen LogP contribution in [0.15, 0.2) is 30.3 Å². The number of ether oxygens (including phenoxy) is 2. The van der Waals surface area contributed by atoms with Crippen molar-refractivity contribution in [2.45, 2.75) is 51.5 Å². The summed E-state index contributed by atoms with van der Waals surface area (Å²) < 4.78 is 11.2. The minimum Gasteiger partial charge on any atom is -0.444 e. The molecular weight excluding hydrogens is 296 g/mol. The second-order valence-electron chi connectivity index (χ2n) is 6.71. The normalized spacial score (nSPS) is 21.3. The van der Waals surface area contributed by atoms with E-state index in [1.165, 1.54) is 4.90 Å². The van der Waals surface area contributed by atoms with Gasteiger partial charge in [0.1, 0.15) is 11.6 Å². The highest BCUT2D eigenvalue weighted by molar-refractivity contribution is 5.85. The van der Waals surface area contributed by atoms with Gasteiger partial charge < -0.3 is 15.2 Å². The number of amides is 2. The SMILES string of the molecule is CC(C)(C)OC(=O)N1CC(OCc2ccccc2)CC1C(N)=O. The third-order valence-corrected chi connectivity index (χ3v) is 3.55. The lowest BCUT2D eigenvalue weighted by molar-refractivity contribution is -0.122. The summed E-state index contributed by atoms with van der Waals surface area (Å²) in [5.74, 6) is -0.540. The minimum absolute atomic E-state index is 0.236. The van der Waals surface area contributed by atoms with E-state index in [-0.39, 0.29) is 6.10 Å². The predicted octanol–water partition coefficient (Wildman–Crippen LogP) is 2.07. The van der Waals surface area contributed by atoms with Crippen molar-refractivity contribution in [2.75, 3.05) is 6.54 Å². The van der Waals surface area contributed by atoms with Gasteiger partial charge in [0.25, 0.3) is 0 Å². The molecule has 1 heterocycles. The van der Waals surface area contributed by atoms with Crippen LogP contribution in [-0.4, -0.2) is 41.2 Å². The molecule has 1 fully saturated rings. The molecule has 1 aromatic carbocycles. The molecule has 2 N–H and O–H groups in total. The van der Waals surface area contributed by atoms with Crippen LogP contribution < -0.4 is 5.73 Å². The smallest absolute Gasteiger partial charge is 0.411 e. The number of benzene rings is 1. The number of hydrogen-bond donors (Lipinski definition) is 1. The molecule has 6 nitrogen and oxygen atoms in total. The van der Waals surface area contributed by atoms with Crippen molar-refractivity contribution in [1.29, 1.82) is 0 Å².